The van der Waals surface area contributed by atoms with Crippen LogP contribution in [0.2, 0.25) is 0 Å². The Morgan fingerprint density at radius 2 is 1.55 bits per heavy atom. The molecule has 5 nitrogen and oxygen atoms in total. The van der Waals surface area contributed by atoms with E-state index in [1.807, 2.05) is 28.8 Å². The summed E-state index contributed by atoms with van der Waals surface area (Å²) in [5, 5.41) is 0. The Balaban J connectivity index is 1.52. The third kappa shape index (κ3) is 2.26. The summed E-state index contributed by atoms with van der Waals surface area (Å²) in [6.45, 7) is 3.53. The van der Waals surface area contributed by atoms with Gasteiger partial charge in [0.1, 0.15) is 11.5 Å². The number of hydrogen-bond donors (Lipinski definition) is 0. The molecule has 0 aliphatic carbocycles. The molecule has 0 unspecified atom stereocenters. The largest absolute Gasteiger partial charge is 0.368 e. The van der Waals surface area contributed by atoms with Gasteiger partial charge in [0, 0.05) is 50.5 Å². The van der Waals surface area contributed by atoms with Gasteiger partial charge in [0.2, 0.25) is 5.95 Å². The van der Waals surface area contributed by atoms with E-state index in [1.54, 1.807) is 12.4 Å². The van der Waals surface area contributed by atoms with Crippen LogP contribution in [0.15, 0.2) is 48.9 Å². The third-order valence-electron chi connectivity index (χ3n) is 4.05. The van der Waals surface area contributed by atoms with Gasteiger partial charge < -0.3 is 9.80 Å². The lowest BCUT2D eigenvalue weighted by Gasteiger charge is -2.36. The minimum absolute atomic E-state index is 0.196. The van der Waals surface area contributed by atoms with E-state index in [4.69, 9.17) is 0 Å². The van der Waals surface area contributed by atoms with Crippen molar-refractivity contribution in [1.29, 1.82) is 0 Å². The Kier molecular flexibility index (Phi) is 3.14. The van der Waals surface area contributed by atoms with Gasteiger partial charge in [-0.2, -0.15) is 0 Å². The van der Waals surface area contributed by atoms with Gasteiger partial charge in [-0.05, 0) is 30.3 Å². The number of halogens is 1. The number of anilines is 2. The maximum absolute atomic E-state index is 13.0. The lowest BCUT2D eigenvalue weighted by Crippen LogP contribution is -2.47. The molecule has 2 aromatic heterocycles. The molecule has 3 heterocycles. The van der Waals surface area contributed by atoms with Gasteiger partial charge in [-0.15, -0.1) is 0 Å². The van der Waals surface area contributed by atoms with Crippen molar-refractivity contribution < 1.29 is 4.39 Å². The zero-order chi connectivity index (χ0) is 14.9. The maximum Gasteiger partial charge on any atom is 0.211 e. The highest BCUT2D eigenvalue weighted by Crippen LogP contribution is 2.20. The third-order valence-corrected chi connectivity index (χ3v) is 4.05. The summed E-state index contributed by atoms with van der Waals surface area (Å²) in [7, 11) is 0. The Labute approximate surface area is 127 Å². The first-order valence-corrected chi connectivity index (χ1v) is 7.35. The lowest BCUT2D eigenvalue weighted by molar-refractivity contribution is 0.622. The minimum Gasteiger partial charge on any atom is -0.368 e. The molecule has 0 spiro atoms. The van der Waals surface area contributed by atoms with Crippen LogP contribution in [0.5, 0.6) is 0 Å². The first-order valence-electron chi connectivity index (χ1n) is 7.35. The van der Waals surface area contributed by atoms with Crippen LogP contribution in [0.3, 0.4) is 0 Å². The van der Waals surface area contributed by atoms with Crippen molar-refractivity contribution in [3.8, 4) is 0 Å². The Morgan fingerprint density at radius 1 is 0.818 bits per heavy atom. The zero-order valence-corrected chi connectivity index (χ0v) is 12.1. The monoisotopic (exact) mass is 297 g/mol. The summed E-state index contributed by atoms with van der Waals surface area (Å²) >= 11 is 0. The van der Waals surface area contributed by atoms with Gasteiger partial charge in [-0.25, -0.2) is 14.4 Å². The summed E-state index contributed by atoms with van der Waals surface area (Å²) in [6, 6.07) is 8.59. The fourth-order valence-corrected chi connectivity index (χ4v) is 2.89. The number of piperazine rings is 1. The standard InChI is InChI=1S/C16H16FN5/c17-13-1-3-14(4-2-13)20-9-11-21(12-10-20)16-19-6-5-15-18-7-8-22(15)16/h1-8H,9-12H2. The number of fused-ring (bicyclic) bond motifs is 1. The molecule has 1 saturated heterocycles. The Morgan fingerprint density at radius 3 is 2.32 bits per heavy atom. The van der Waals surface area contributed by atoms with Gasteiger partial charge in [-0.3, -0.25) is 4.40 Å². The highest BCUT2D eigenvalue weighted by atomic mass is 19.1. The number of rotatable bonds is 2. The average molecular weight is 297 g/mol. The van der Waals surface area contributed by atoms with Crippen LogP contribution in [0, 0.1) is 5.82 Å². The molecule has 0 bridgehead atoms. The van der Waals surface area contributed by atoms with E-state index in [0.29, 0.717) is 0 Å². The summed E-state index contributed by atoms with van der Waals surface area (Å²) < 4.78 is 15.0. The van der Waals surface area contributed by atoms with Crippen molar-refractivity contribution in [2.45, 2.75) is 0 Å². The van der Waals surface area contributed by atoms with E-state index in [0.717, 1.165) is 43.5 Å². The van der Waals surface area contributed by atoms with Crippen LogP contribution >= 0.6 is 0 Å². The topological polar surface area (TPSA) is 36.7 Å². The summed E-state index contributed by atoms with van der Waals surface area (Å²) in [4.78, 5) is 13.3. The van der Waals surface area contributed by atoms with Gasteiger partial charge in [0.25, 0.3) is 0 Å². The van der Waals surface area contributed by atoms with E-state index in [9.17, 15) is 4.39 Å². The molecule has 22 heavy (non-hydrogen) atoms. The SMILES string of the molecule is Fc1ccc(N2CCN(c3nccc4nccn34)CC2)cc1. The van der Waals surface area contributed by atoms with Crippen molar-refractivity contribution in [3.63, 3.8) is 0 Å². The summed E-state index contributed by atoms with van der Waals surface area (Å²) in [5.74, 6) is 0.729. The number of benzene rings is 1. The summed E-state index contributed by atoms with van der Waals surface area (Å²) in [6.07, 6.45) is 5.52. The zero-order valence-electron chi connectivity index (χ0n) is 12.1. The lowest BCUT2D eigenvalue weighted by atomic mass is 10.2. The molecule has 0 radical (unpaired) electrons. The molecule has 0 N–H and O–H groups in total. The van der Waals surface area contributed by atoms with E-state index in [-0.39, 0.29) is 5.82 Å². The fraction of sp³-hybridized carbons (Fsp3) is 0.250. The Bertz CT molecular complexity index is 775. The molecule has 6 heteroatoms. The quantitative estimate of drug-likeness (QED) is 0.726. The molecule has 1 aromatic carbocycles. The second-order valence-corrected chi connectivity index (χ2v) is 5.35. The predicted molar refractivity (Wildman–Crippen MR) is 83.8 cm³/mol. The van der Waals surface area contributed by atoms with Crippen molar-refractivity contribution in [2.24, 2.45) is 0 Å². The van der Waals surface area contributed by atoms with E-state index in [1.165, 1.54) is 12.1 Å². The van der Waals surface area contributed by atoms with Crippen molar-refractivity contribution in [1.82, 2.24) is 14.4 Å². The van der Waals surface area contributed by atoms with Crippen molar-refractivity contribution >= 4 is 17.3 Å². The first kappa shape index (κ1) is 13.1. The molecule has 112 valence electrons. The normalized spacial score (nSPS) is 15.5. The Hall–Kier alpha value is -2.63. The number of nitrogens with zero attached hydrogens (tertiary/aromatic N) is 5. The maximum atomic E-state index is 13.0. The van der Waals surface area contributed by atoms with Crippen LogP contribution in [-0.2, 0) is 0 Å². The number of aromatic nitrogens is 3. The summed E-state index contributed by atoms with van der Waals surface area (Å²) in [5.41, 5.74) is 1.97. The smallest absolute Gasteiger partial charge is 0.211 e. The van der Waals surface area contributed by atoms with E-state index >= 15 is 0 Å². The molecular weight excluding hydrogens is 281 g/mol. The molecule has 0 amide bonds. The first-order chi connectivity index (χ1) is 10.8. The molecular formula is C16H16FN5. The fourth-order valence-electron chi connectivity index (χ4n) is 2.89. The highest BCUT2D eigenvalue weighted by molar-refractivity contribution is 5.50. The van der Waals surface area contributed by atoms with Crippen LogP contribution in [0.4, 0.5) is 16.0 Å². The predicted octanol–water partition coefficient (Wildman–Crippen LogP) is 2.20. The molecule has 3 aromatic rings. The highest BCUT2D eigenvalue weighted by Gasteiger charge is 2.20. The van der Waals surface area contributed by atoms with Gasteiger partial charge in [-0.1, -0.05) is 0 Å². The van der Waals surface area contributed by atoms with Gasteiger partial charge in [0.05, 0.1) is 0 Å². The molecule has 1 aliphatic rings. The van der Waals surface area contributed by atoms with Crippen molar-refractivity contribution in [2.75, 3.05) is 36.0 Å². The second kappa shape index (κ2) is 5.29. The number of imidazole rings is 1. The molecule has 1 fully saturated rings. The molecule has 0 atom stereocenters. The van der Waals surface area contributed by atoms with E-state index < -0.39 is 0 Å². The van der Waals surface area contributed by atoms with Crippen LogP contribution in [-0.4, -0.2) is 40.5 Å². The number of hydrogen-bond acceptors (Lipinski definition) is 4. The second-order valence-electron chi connectivity index (χ2n) is 5.35. The van der Waals surface area contributed by atoms with Crippen LogP contribution in [0.1, 0.15) is 0 Å². The van der Waals surface area contributed by atoms with Gasteiger partial charge >= 0.3 is 0 Å². The van der Waals surface area contributed by atoms with E-state index in [2.05, 4.69) is 19.8 Å². The van der Waals surface area contributed by atoms with Crippen LogP contribution < -0.4 is 9.80 Å². The van der Waals surface area contributed by atoms with Crippen LogP contribution in [0.25, 0.3) is 5.65 Å². The average Bonchev–Trinajstić information content (AvgIpc) is 3.04. The molecule has 4 rings (SSSR count). The molecule has 1 aliphatic heterocycles. The van der Waals surface area contributed by atoms with Gasteiger partial charge in [0.15, 0.2) is 0 Å². The van der Waals surface area contributed by atoms with Crippen molar-refractivity contribution in [3.05, 3.63) is 54.7 Å². The minimum atomic E-state index is -0.196. The molecule has 0 saturated carbocycles.